The fraction of sp³-hybridized carbons (Fsp3) is 0.200. The smallest absolute Gasteiger partial charge is 0.136 e. The summed E-state index contributed by atoms with van der Waals surface area (Å²) in [5.41, 5.74) is 25.9. The lowest BCUT2D eigenvalue weighted by molar-refractivity contribution is 0.660. The standard InChI is InChI=1S/C55H48O/c1-29-31(3)35(7)50-48(33(29)5)52(38-24-22-37(23-25-38)39-26-27-45-43(28-39)40-16-11-13-19-44(40)55(45,9)10)49-34(6)30(2)32(4)36(8)51(49)54(50)42-18-15-21-47-53(42)41-17-12-14-20-46(41)56-47/h11-28H,1-10H3. The van der Waals surface area contributed by atoms with Crippen molar-refractivity contribution in [3.8, 4) is 44.5 Å². The van der Waals surface area contributed by atoms with E-state index in [2.05, 4.69) is 178 Å². The lowest BCUT2D eigenvalue weighted by atomic mass is 9.76. The van der Waals surface area contributed by atoms with Crippen LogP contribution in [0.15, 0.2) is 114 Å². The van der Waals surface area contributed by atoms with Gasteiger partial charge in [0.2, 0.25) is 0 Å². The van der Waals surface area contributed by atoms with Gasteiger partial charge in [-0.05, 0) is 195 Å². The average molecular weight is 725 g/mol. The number of fused-ring (bicyclic) bond motifs is 8. The van der Waals surface area contributed by atoms with Crippen LogP contribution in [0.25, 0.3) is 88.0 Å². The molecule has 9 aromatic rings. The molecule has 0 N–H and O–H groups in total. The van der Waals surface area contributed by atoms with E-state index < -0.39 is 0 Å². The molecule has 1 heterocycles. The summed E-state index contributed by atoms with van der Waals surface area (Å²) in [7, 11) is 0. The molecule has 0 saturated carbocycles. The molecule has 0 bridgehead atoms. The Bertz CT molecular complexity index is 3080. The maximum atomic E-state index is 6.52. The minimum Gasteiger partial charge on any atom is -0.456 e. The van der Waals surface area contributed by atoms with Gasteiger partial charge in [0.15, 0.2) is 0 Å². The van der Waals surface area contributed by atoms with E-state index in [0.717, 1.165) is 16.6 Å². The summed E-state index contributed by atoms with van der Waals surface area (Å²) < 4.78 is 6.52. The number of furan rings is 1. The Labute approximate surface area is 330 Å². The number of para-hydroxylation sites is 1. The highest BCUT2D eigenvalue weighted by Gasteiger charge is 2.35. The van der Waals surface area contributed by atoms with E-state index in [4.69, 9.17) is 4.42 Å². The molecule has 1 heteroatoms. The van der Waals surface area contributed by atoms with Crippen LogP contribution >= 0.6 is 0 Å². The van der Waals surface area contributed by atoms with E-state index in [0.29, 0.717) is 0 Å². The quantitative estimate of drug-likeness (QED) is 0.165. The first-order chi connectivity index (χ1) is 26.9. The van der Waals surface area contributed by atoms with E-state index >= 15 is 0 Å². The second-order valence-electron chi connectivity index (χ2n) is 17.0. The zero-order chi connectivity index (χ0) is 38.9. The van der Waals surface area contributed by atoms with E-state index in [1.165, 1.54) is 127 Å². The fourth-order valence-corrected chi connectivity index (χ4v) is 10.4. The number of hydrogen-bond acceptors (Lipinski definition) is 1. The summed E-state index contributed by atoms with van der Waals surface area (Å²) in [5, 5.41) is 7.75. The van der Waals surface area contributed by atoms with Crippen LogP contribution in [0.4, 0.5) is 0 Å². The molecule has 8 aromatic carbocycles. The van der Waals surface area contributed by atoms with Gasteiger partial charge < -0.3 is 4.42 Å². The summed E-state index contributed by atoms with van der Waals surface area (Å²) in [6.07, 6.45) is 0. The van der Waals surface area contributed by atoms with Crippen LogP contribution in [-0.4, -0.2) is 0 Å². The van der Waals surface area contributed by atoms with Gasteiger partial charge in [0.25, 0.3) is 0 Å². The molecule has 274 valence electrons. The Morgan fingerprint density at radius 1 is 0.357 bits per heavy atom. The van der Waals surface area contributed by atoms with Gasteiger partial charge in [0, 0.05) is 16.2 Å². The van der Waals surface area contributed by atoms with Crippen LogP contribution in [0.3, 0.4) is 0 Å². The topological polar surface area (TPSA) is 13.1 Å². The molecular weight excluding hydrogens is 677 g/mol. The first kappa shape index (κ1) is 34.6. The number of hydrogen-bond donors (Lipinski definition) is 0. The van der Waals surface area contributed by atoms with Gasteiger partial charge in [-0.1, -0.05) is 105 Å². The van der Waals surface area contributed by atoms with Gasteiger partial charge in [-0.15, -0.1) is 0 Å². The third-order valence-electron chi connectivity index (χ3n) is 14.1. The second-order valence-corrected chi connectivity index (χ2v) is 17.0. The summed E-state index contributed by atoms with van der Waals surface area (Å²) in [5.74, 6) is 0. The van der Waals surface area contributed by atoms with Crippen molar-refractivity contribution in [3.05, 3.63) is 165 Å². The summed E-state index contributed by atoms with van der Waals surface area (Å²) >= 11 is 0. The average Bonchev–Trinajstić information content (AvgIpc) is 3.71. The van der Waals surface area contributed by atoms with Gasteiger partial charge in [0.05, 0.1) is 0 Å². The number of rotatable bonds is 3. The predicted molar refractivity (Wildman–Crippen MR) is 240 cm³/mol. The molecule has 0 fully saturated rings. The van der Waals surface area contributed by atoms with Crippen molar-refractivity contribution in [1.82, 2.24) is 0 Å². The van der Waals surface area contributed by atoms with Crippen molar-refractivity contribution < 1.29 is 4.42 Å². The zero-order valence-corrected chi connectivity index (χ0v) is 34.3. The minimum atomic E-state index is -0.00220. The van der Waals surface area contributed by atoms with Crippen molar-refractivity contribution in [3.63, 3.8) is 0 Å². The van der Waals surface area contributed by atoms with E-state index in [1.54, 1.807) is 0 Å². The first-order valence-electron chi connectivity index (χ1n) is 20.1. The second kappa shape index (κ2) is 12.0. The minimum absolute atomic E-state index is 0.00220. The number of benzene rings is 8. The summed E-state index contributed by atoms with van der Waals surface area (Å²) in [6.45, 7) is 23.3. The van der Waals surface area contributed by atoms with E-state index in [-0.39, 0.29) is 5.41 Å². The van der Waals surface area contributed by atoms with Crippen molar-refractivity contribution in [2.45, 2.75) is 74.7 Å². The molecule has 1 nitrogen and oxygen atoms in total. The lowest BCUT2D eigenvalue weighted by Gasteiger charge is -2.27. The molecule has 0 spiro atoms. The van der Waals surface area contributed by atoms with Gasteiger partial charge in [-0.3, -0.25) is 0 Å². The first-order valence-corrected chi connectivity index (χ1v) is 20.1. The molecule has 1 aromatic heterocycles. The molecule has 0 radical (unpaired) electrons. The maximum Gasteiger partial charge on any atom is 0.136 e. The van der Waals surface area contributed by atoms with Gasteiger partial charge in [-0.2, -0.15) is 0 Å². The van der Waals surface area contributed by atoms with Gasteiger partial charge >= 0.3 is 0 Å². The molecule has 56 heavy (non-hydrogen) atoms. The zero-order valence-electron chi connectivity index (χ0n) is 34.3. The largest absolute Gasteiger partial charge is 0.456 e. The molecule has 0 unspecified atom stereocenters. The van der Waals surface area contributed by atoms with Crippen LogP contribution in [0.5, 0.6) is 0 Å². The van der Waals surface area contributed by atoms with Crippen LogP contribution in [0.2, 0.25) is 0 Å². The fourth-order valence-electron chi connectivity index (χ4n) is 10.4. The van der Waals surface area contributed by atoms with Crippen LogP contribution in [-0.2, 0) is 5.41 Å². The maximum absolute atomic E-state index is 6.52. The predicted octanol–water partition coefficient (Wildman–Crippen LogP) is 15.7. The van der Waals surface area contributed by atoms with Crippen LogP contribution in [0, 0.1) is 55.4 Å². The Morgan fingerprint density at radius 3 is 1.48 bits per heavy atom. The Balaban J connectivity index is 1.30. The molecule has 0 atom stereocenters. The molecule has 0 saturated heterocycles. The highest BCUT2D eigenvalue weighted by molar-refractivity contribution is 6.28. The number of aryl methyl sites for hydroxylation is 4. The van der Waals surface area contributed by atoms with Gasteiger partial charge in [0.1, 0.15) is 11.2 Å². The SMILES string of the molecule is Cc1c(C)c(C)c2c(-c3cccc4oc5ccccc5c34)c3c(C)c(C)c(C)c(C)c3c(-c3ccc(-c4ccc5c(c4)-c4ccccc4C5(C)C)cc3)c2c1C. The van der Waals surface area contributed by atoms with E-state index in [1.807, 2.05) is 0 Å². The third kappa shape index (κ3) is 4.55. The van der Waals surface area contributed by atoms with E-state index in [9.17, 15) is 0 Å². The van der Waals surface area contributed by atoms with Crippen LogP contribution < -0.4 is 0 Å². The molecule has 10 rings (SSSR count). The van der Waals surface area contributed by atoms with Gasteiger partial charge in [-0.25, -0.2) is 0 Å². The summed E-state index contributed by atoms with van der Waals surface area (Å²) in [4.78, 5) is 0. The highest BCUT2D eigenvalue weighted by Crippen LogP contribution is 2.53. The highest BCUT2D eigenvalue weighted by atomic mass is 16.3. The molecule has 1 aliphatic rings. The molecule has 1 aliphatic carbocycles. The monoisotopic (exact) mass is 724 g/mol. The Hall–Kier alpha value is -5.92. The van der Waals surface area contributed by atoms with Crippen molar-refractivity contribution in [2.75, 3.05) is 0 Å². The van der Waals surface area contributed by atoms with Crippen molar-refractivity contribution in [2.24, 2.45) is 0 Å². The Kier molecular flexibility index (Phi) is 7.43. The van der Waals surface area contributed by atoms with Crippen LogP contribution in [0.1, 0.15) is 69.5 Å². The molecular formula is C55H48O. The van der Waals surface area contributed by atoms with Crippen molar-refractivity contribution >= 4 is 43.5 Å². The molecule has 0 aliphatic heterocycles. The lowest BCUT2D eigenvalue weighted by Crippen LogP contribution is -2.14. The third-order valence-corrected chi connectivity index (χ3v) is 14.1. The molecule has 0 amide bonds. The van der Waals surface area contributed by atoms with Crippen molar-refractivity contribution in [1.29, 1.82) is 0 Å². The Morgan fingerprint density at radius 2 is 0.839 bits per heavy atom. The summed E-state index contributed by atoms with van der Waals surface area (Å²) in [6, 6.07) is 40.6. The normalized spacial score (nSPS) is 13.3.